The Labute approximate surface area is 76.7 Å². The second-order valence-corrected chi connectivity index (χ2v) is 2.67. The number of esters is 1. The molecule has 1 aromatic rings. The van der Waals surface area contributed by atoms with Crippen molar-refractivity contribution >= 4 is 5.97 Å². The molecule has 1 heterocycles. The Bertz CT molecular complexity index is 274. The number of nitrogens with zero attached hydrogens (tertiary/aromatic N) is 1. The lowest BCUT2D eigenvalue weighted by Gasteiger charge is -2.09. The lowest BCUT2D eigenvalue weighted by molar-refractivity contribution is -0.141. The predicted molar refractivity (Wildman–Crippen MR) is 47.8 cm³/mol. The first-order valence-corrected chi connectivity index (χ1v) is 3.96. The van der Waals surface area contributed by atoms with Gasteiger partial charge in [0, 0.05) is 18.4 Å². The molecule has 13 heavy (non-hydrogen) atoms. The van der Waals surface area contributed by atoms with Crippen LogP contribution in [0.3, 0.4) is 0 Å². The van der Waals surface area contributed by atoms with E-state index in [0.717, 1.165) is 5.56 Å². The number of methoxy groups -OCH3 is 1. The molecule has 0 aliphatic rings. The van der Waals surface area contributed by atoms with E-state index in [2.05, 4.69) is 9.72 Å². The van der Waals surface area contributed by atoms with Gasteiger partial charge in [-0.2, -0.15) is 0 Å². The Morgan fingerprint density at radius 2 is 2.23 bits per heavy atom. The smallest absolute Gasteiger partial charge is 0.307 e. The molecule has 0 saturated carbocycles. The minimum Gasteiger partial charge on any atom is -0.469 e. The molecular formula is C9H12N2O2. The maximum Gasteiger partial charge on any atom is 0.307 e. The first-order valence-electron chi connectivity index (χ1n) is 3.96. The molecule has 0 saturated heterocycles. The molecule has 0 fully saturated rings. The van der Waals surface area contributed by atoms with E-state index in [0.29, 0.717) is 0 Å². The Morgan fingerprint density at radius 1 is 1.62 bits per heavy atom. The molecule has 4 heteroatoms. The number of carbonyl (C=O) groups is 1. The highest BCUT2D eigenvalue weighted by Crippen LogP contribution is 2.12. The monoisotopic (exact) mass is 180 g/mol. The summed E-state index contributed by atoms with van der Waals surface area (Å²) in [6.45, 7) is 0. The second kappa shape index (κ2) is 4.57. The fourth-order valence-corrected chi connectivity index (χ4v) is 0.991. The van der Waals surface area contributed by atoms with Gasteiger partial charge >= 0.3 is 5.97 Å². The predicted octanol–water partition coefficient (Wildman–Crippen LogP) is 0.644. The van der Waals surface area contributed by atoms with Gasteiger partial charge in [0.25, 0.3) is 0 Å². The molecule has 2 N–H and O–H groups in total. The van der Waals surface area contributed by atoms with Crippen LogP contribution in [0.15, 0.2) is 24.5 Å². The molecule has 0 radical (unpaired) electrons. The van der Waals surface area contributed by atoms with Gasteiger partial charge in [0.2, 0.25) is 0 Å². The number of nitrogens with two attached hydrogens (primary N) is 1. The van der Waals surface area contributed by atoms with Gasteiger partial charge in [0.05, 0.1) is 13.5 Å². The van der Waals surface area contributed by atoms with Gasteiger partial charge in [-0.15, -0.1) is 0 Å². The van der Waals surface area contributed by atoms with Gasteiger partial charge in [-0.25, -0.2) is 0 Å². The molecule has 70 valence electrons. The average Bonchev–Trinajstić information content (AvgIpc) is 2.19. The molecular weight excluding hydrogens is 168 g/mol. The van der Waals surface area contributed by atoms with Crippen LogP contribution in [0.5, 0.6) is 0 Å². The van der Waals surface area contributed by atoms with Gasteiger partial charge in [-0.1, -0.05) is 0 Å². The Kier molecular flexibility index (Phi) is 3.40. The number of ether oxygens (including phenoxy) is 1. The SMILES string of the molecule is COC(=O)CC(N)c1ccncc1. The van der Waals surface area contributed by atoms with Crippen LogP contribution in [0.25, 0.3) is 0 Å². The van der Waals surface area contributed by atoms with Gasteiger partial charge in [-0.3, -0.25) is 9.78 Å². The minimum absolute atomic E-state index is 0.195. The van der Waals surface area contributed by atoms with Crippen molar-refractivity contribution in [3.8, 4) is 0 Å². The molecule has 1 unspecified atom stereocenters. The number of pyridine rings is 1. The molecule has 0 aromatic carbocycles. The first kappa shape index (κ1) is 9.67. The Morgan fingerprint density at radius 3 is 2.77 bits per heavy atom. The number of hydrogen-bond acceptors (Lipinski definition) is 4. The van der Waals surface area contributed by atoms with Crippen LogP contribution in [-0.2, 0) is 9.53 Å². The van der Waals surface area contributed by atoms with Crippen molar-refractivity contribution in [2.24, 2.45) is 5.73 Å². The normalized spacial score (nSPS) is 12.2. The molecule has 0 aliphatic carbocycles. The van der Waals surface area contributed by atoms with Crippen LogP contribution < -0.4 is 5.73 Å². The molecule has 1 aromatic heterocycles. The van der Waals surface area contributed by atoms with Crippen LogP contribution in [0.1, 0.15) is 18.0 Å². The highest BCUT2D eigenvalue weighted by molar-refractivity contribution is 5.70. The quantitative estimate of drug-likeness (QED) is 0.693. The van der Waals surface area contributed by atoms with Crippen LogP contribution in [0.2, 0.25) is 0 Å². The molecule has 4 nitrogen and oxygen atoms in total. The summed E-state index contributed by atoms with van der Waals surface area (Å²) in [5.41, 5.74) is 6.63. The van der Waals surface area contributed by atoms with E-state index in [-0.39, 0.29) is 18.4 Å². The zero-order valence-electron chi connectivity index (χ0n) is 7.43. The van der Waals surface area contributed by atoms with Crippen LogP contribution in [-0.4, -0.2) is 18.1 Å². The van der Waals surface area contributed by atoms with Crippen molar-refractivity contribution in [2.45, 2.75) is 12.5 Å². The van der Waals surface area contributed by atoms with Gasteiger partial charge in [0.15, 0.2) is 0 Å². The third-order valence-electron chi connectivity index (χ3n) is 1.75. The van der Waals surface area contributed by atoms with Crippen molar-refractivity contribution in [3.05, 3.63) is 30.1 Å². The third-order valence-corrected chi connectivity index (χ3v) is 1.75. The molecule has 0 aliphatic heterocycles. The van der Waals surface area contributed by atoms with Crippen molar-refractivity contribution in [3.63, 3.8) is 0 Å². The van der Waals surface area contributed by atoms with Gasteiger partial charge in [0.1, 0.15) is 0 Å². The summed E-state index contributed by atoms with van der Waals surface area (Å²) in [4.78, 5) is 14.7. The van der Waals surface area contributed by atoms with Gasteiger partial charge < -0.3 is 10.5 Å². The lowest BCUT2D eigenvalue weighted by Crippen LogP contribution is -2.16. The highest BCUT2D eigenvalue weighted by atomic mass is 16.5. The minimum atomic E-state index is -0.310. The standard InChI is InChI=1S/C9H12N2O2/c1-13-9(12)6-8(10)7-2-4-11-5-3-7/h2-5,8H,6,10H2,1H3. The van der Waals surface area contributed by atoms with E-state index in [1.54, 1.807) is 24.5 Å². The van der Waals surface area contributed by atoms with E-state index in [4.69, 9.17) is 5.73 Å². The summed E-state index contributed by atoms with van der Waals surface area (Å²) in [7, 11) is 1.35. The van der Waals surface area contributed by atoms with Crippen LogP contribution in [0.4, 0.5) is 0 Å². The highest BCUT2D eigenvalue weighted by Gasteiger charge is 2.10. The maximum absolute atomic E-state index is 10.9. The molecule has 0 spiro atoms. The number of carbonyl (C=O) groups excluding carboxylic acids is 1. The molecule has 1 atom stereocenters. The van der Waals surface area contributed by atoms with Crippen LogP contribution >= 0.6 is 0 Å². The molecule has 1 rings (SSSR count). The summed E-state index contributed by atoms with van der Waals surface area (Å²) >= 11 is 0. The zero-order chi connectivity index (χ0) is 9.68. The van der Waals surface area contributed by atoms with Crippen molar-refractivity contribution < 1.29 is 9.53 Å². The maximum atomic E-state index is 10.9. The van der Waals surface area contributed by atoms with Crippen molar-refractivity contribution in [2.75, 3.05) is 7.11 Å². The second-order valence-electron chi connectivity index (χ2n) is 2.67. The van der Waals surface area contributed by atoms with E-state index in [9.17, 15) is 4.79 Å². The van der Waals surface area contributed by atoms with E-state index < -0.39 is 0 Å². The lowest BCUT2D eigenvalue weighted by atomic mass is 10.1. The van der Waals surface area contributed by atoms with Crippen molar-refractivity contribution in [1.82, 2.24) is 4.98 Å². The molecule has 0 amide bonds. The van der Waals surface area contributed by atoms with Crippen molar-refractivity contribution in [1.29, 1.82) is 0 Å². The van der Waals surface area contributed by atoms with E-state index in [1.165, 1.54) is 7.11 Å². The number of rotatable bonds is 3. The summed E-state index contributed by atoms with van der Waals surface area (Å²) in [5.74, 6) is -0.302. The third kappa shape index (κ3) is 2.83. The number of aromatic nitrogens is 1. The summed E-state index contributed by atoms with van der Waals surface area (Å²) in [6.07, 6.45) is 3.49. The fraction of sp³-hybridized carbons (Fsp3) is 0.333. The Balaban J connectivity index is 2.59. The zero-order valence-corrected chi connectivity index (χ0v) is 7.43. The Hall–Kier alpha value is -1.42. The van der Waals surface area contributed by atoms with Crippen LogP contribution in [0, 0.1) is 0 Å². The summed E-state index contributed by atoms with van der Waals surface area (Å²) < 4.78 is 4.51. The fourth-order valence-electron chi connectivity index (χ4n) is 0.991. The molecule has 0 bridgehead atoms. The van der Waals surface area contributed by atoms with E-state index in [1.807, 2.05) is 0 Å². The largest absolute Gasteiger partial charge is 0.469 e. The van der Waals surface area contributed by atoms with E-state index >= 15 is 0 Å². The number of hydrogen-bond donors (Lipinski definition) is 1. The summed E-state index contributed by atoms with van der Waals surface area (Å²) in [6, 6.07) is 3.26. The first-order chi connectivity index (χ1) is 6.24. The van der Waals surface area contributed by atoms with Gasteiger partial charge in [-0.05, 0) is 17.7 Å². The topological polar surface area (TPSA) is 65.2 Å². The average molecular weight is 180 g/mol. The summed E-state index contributed by atoms with van der Waals surface area (Å²) in [5, 5.41) is 0.